The third-order valence-electron chi connectivity index (χ3n) is 3.08. The van der Waals surface area contributed by atoms with Gasteiger partial charge in [-0.3, -0.25) is 0 Å². The van der Waals surface area contributed by atoms with E-state index in [1.807, 2.05) is 6.07 Å². The number of nitrogens with one attached hydrogen (secondary N) is 1. The van der Waals surface area contributed by atoms with Gasteiger partial charge in [-0.2, -0.15) is 14.9 Å². The average molecular weight is 380 g/mol. The molecule has 1 N–H and O–H groups in total. The molecule has 0 saturated heterocycles. The van der Waals surface area contributed by atoms with Crippen molar-refractivity contribution in [2.24, 2.45) is 0 Å². The molecule has 0 aliphatic heterocycles. The summed E-state index contributed by atoms with van der Waals surface area (Å²) in [6, 6.07) is 7.09. The van der Waals surface area contributed by atoms with Gasteiger partial charge in [-0.15, -0.1) is 0 Å². The maximum Gasteiger partial charge on any atom is 0.414 e. The van der Waals surface area contributed by atoms with Gasteiger partial charge in [0, 0.05) is 17.6 Å². The quantitative estimate of drug-likeness (QED) is 0.704. The Kier molecular flexibility index (Phi) is 4.70. The third-order valence-corrected chi connectivity index (χ3v) is 3.50. The standard InChI is InChI=1S/C15H8Cl2FN5O2/c16-10-1-8(2-11(18)3-10)6-20-15(24)25-13-4-12(17)22-14-9(5-19)7-21-23(13)14/h1-4,7H,6H2,(H,20,24). The molecule has 1 amide bonds. The molecule has 0 unspecified atom stereocenters. The van der Waals surface area contributed by atoms with E-state index in [0.717, 1.165) is 6.07 Å². The fourth-order valence-electron chi connectivity index (χ4n) is 2.08. The fourth-order valence-corrected chi connectivity index (χ4v) is 2.49. The van der Waals surface area contributed by atoms with Crippen molar-refractivity contribution in [2.75, 3.05) is 0 Å². The molecular weight excluding hydrogens is 372 g/mol. The van der Waals surface area contributed by atoms with Crippen LogP contribution >= 0.6 is 23.2 Å². The number of rotatable bonds is 3. The van der Waals surface area contributed by atoms with Crippen molar-refractivity contribution in [1.29, 1.82) is 5.26 Å². The summed E-state index contributed by atoms with van der Waals surface area (Å²) in [5.41, 5.74) is 0.808. The molecular formula is C15H8Cl2FN5O2. The first-order valence-electron chi connectivity index (χ1n) is 6.81. The summed E-state index contributed by atoms with van der Waals surface area (Å²) in [6.45, 7) is 0.000818. The number of benzene rings is 1. The molecule has 0 bridgehead atoms. The number of nitriles is 1. The number of hydrogen-bond donors (Lipinski definition) is 1. The normalized spacial score (nSPS) is 10.5. The molecule has 2 aromatic heterocycles. The van der Waals surface area contributed by atoms with E-state index in [2.05, 4.69) is 15.4 Å². The first-order chi connectivity index (χ1) is 12.0. The minimum absolute atomic E-state index is 0.000818. The molecule has 2 heterocycles. The number of carbonyl (C=O) groups is 1. The van der Waals surface area contributed by atoms with Crippen LogP contribution in [0.15, 0.2) is 30.5 Å². The minimum atomic E-state index is -0.821. The summed E-state index contributed by atoms with van der Waals surface area (Å²) < 4.78 is 19.6. The highest BCUT2D eigenvalue weighted by molar-refractivity contribution is 6.30. The van der Waals surface area contributed by atoms with Crippen molar-refractivity contribution < 1.29 is 13.9 Å². The van der Waals surface area contributed by atoms with Gasteiger partial charge in [-0.1, -0.05) is 23.2 Å². The van der Waals surface area contributed by atoms with Gasteiger partial charge in [-0.25, -0.2) is 14.2 Å². The topological polar surface area (TPSA) is 92.3 Å². The smallest absolute Gasteiger partial charge is 0.391 e. The second-order valence-corrected chi connectivity index (χ2v) is 5.67. The Morgan fingerprint density at radius 1 is 1.36 bits per heavy atom. The zero-order valence-electron chi connectivity index (χ0n) is 12.3. The van der Waals surface area contributed by atoms with Crippen molar-refractivity contribution >= 4 is 34.9 Å². The first-order valence-corrected chi connectivity index (χ1v) is 7.57. The molecule has 0 radical (unpaired) electrons. The number of halogens is 3. The molecule has 0 spiro atoms. The predicted molar refractivity (Wildman–Crippen MR) is 87.0 cm³/mol. The van der Waals surface area contributed by atoms with Gasteiger partial charge in [0.15, 0.2) is 5.65 Å². The van der Waals surface area contributed by atoms with E-state index in [4.69, 9.17) is 33.2 Å². The van der Waals surface area contributed by atoms with E-state index in [1.165, 1.54) is 28.9 Å². The van der Waals surface area contributed by atoms with Gasteiger partial charge in [0.25, 0.3) is 0 Å². The summed E-state index contributed by atoms with van der Waals surface area (Å²) in [5.74, 6) is -0.535. The van der Waals surface area contributed by atoms with E-state index in [-0.39, 0.29) is 33.8 Å². The van der Waals surface area contributed by atoms with Crippen LogP contribution in [0, 0.1) is 17.1 Å². The van der Waals surface area contributed by atoms with Crippen molar-refractivity contribution in [3.8, 4) is 11.9 Å². The van der Waals surface area contributed by atoms with E-state index in [1.54, 1.807) is 0 Å². The number of nitrogens with zero attached hydrogens (tertiary/aromatic N) is 4. The van der Waals surface area contributed by atoms with E-state index in [0.29, 0.717) is 5.56 Å². The lowest BCUT2D eigenvalue weighted by Crippen LogP contribution is -2.27. The highest BCUT2D eigenvalue weighted by atomic mass is 35.5. The number of amides is 1. The van der Waals surface area contributed by atoms with Gasteiger partial charge in [0.05, 0.1) is 6.20 Å². The second-order valence-electron chi connectivity index (χ2n) is 4.84. The van der Waals surface area contributed by atoms with E-state index >= 15 is 0 Å². The minimum Gasteiger partial charge on any atom is -0.391 e. The molecule has 0 saturated carbocycles. The molecule has 1 aromatic carbocycles. The Balaban J connectivity index is 1.76. The Morgan fingerprint density at radius 2 is 2.16 bits per heavy atom. The summed E-state index contributed by atoms with van der Waals surface area (Å²) in [7, 11) is 0. The zero-order valence-corrected chi connectivity index (χ0v) is 13.8. The number of hydrogen-bond acceptors (Lipinski definition) is 5. The molecule has 10 heteroatoms. The van der Waals surface area contributed by atoms with Crippen molar-refractivity contribution in [1.82, 2.24) is 19.9 Å². The van der Waals surface area contributed by atoms with Crippen LogP contribution in [-0.2, 0) is 6.54 Å². The van der Waals surface area contributed by atoms with Gasteiger partial charge in [0.1, 0.15) is 22.6 Å². The Bertz CT molecular complexity index is 995. The van der Waals surface area contributed by atoms with Crippen LogP contribution in [0.3, 0.4) is 0 Å². The summed E-state index contributed by atoms with van der Waals surface area (Å²) in [4.78, 5) is 15.9. The lowest BCUT2D eigenvalue weighted by Gasteiger charge is -2.08. The molecule has 7 nitrogen and oxygen atoms in total. The third kappa shape index (κ3) is 3.79. The predicted octanol–water partition coefficient (Wildman–Crippen LogP) is 3.34. The van der Waals surface area contributed by atoms with E-state index < -0.39 is 11.9 Å². The molecule has 3 aromatic rings. The lowest BCUT2D eigenvalue weighted by atomic mass is 10.2. The monoisotopic (exact) mass is 379 g/mol. The van der Waals surface area contributed by atoms with Crippen molar-refractivity contribution in [2.45, 2.75) is 6.54 Å². The van der Waals surface area contributed by atoms with Crippen LogP contribution in [0.5, 0.6) is 5.88 Å². The maximum atomic E-state index is 13.3. The van der Waals surface area contributed by atoms with Gasteiger partial charge < -0.3 is 10.1 Å². The van der Waals surface area contributed by atoms with Crippen LogP contribution in [0.25, 0.3) is 5.65 Å². The second kappa shape index (κ2) is 6.93. The van der Waals surface area contributed by atoms with Crippen LogP contribution in [0.1, 0.15) is 11.1 Å². The largest absolute Gasteiger partial charge is 0.414 e. The molecule has 3 rings (SSSR count). The van der Waals surface area contributed by atoms with Crippen LogP contribution < -0.4 is 10.1 Å². The summed E-state index contributed by atoms with van der Waals surface area (Å²) >= 11 is 11.6. The highest BCUT2D eigenvalue weighted by Gasteiger charge is 2.14. The van der Waals surface area contributed by atoms with Crippen molar-refractivity contribution in [3.05, 3.63) is 57.6 Å². The van der Waals surface area contributed by atoms with Gasteiger partial charge in [-0.05, 0) is 23.8 Å². The average Bonchev–Trinajstić information content (AvgIpc) is 2.95. The van der Waals surface area contributed by atoms with Crippen LogP contribution in [0.2, 0.25) is 10.2 Å². The number of carbonyl (C=O) groups excluding carboxylic acids is 1. The number of aromatic nitrogens is 3. The molecule has 0 atom stereocenters. The number of ether oxygens (including phenoxy) is 1. The Morgan fingerprint density at radius 3 is 2.88 bits per heavy atom. The van der Waals surface area contributed by atoms with Crippen LogP contribution in [0.4, 0.5) is 9.18 Å². The first kappa shape index (κ1) is 17.0. The Hall–Kier alpha value is -2.89. The molecule has 0 fully saturated rings. The van der Waals surface area contributed by atoms with Gasteiger partial charge in [0.2, 0.25) is 5.88 Å². The highest BCUT2D eigenvalue weighted by Crippen LogP contribution is 2.20. The molecule has 0 aliphatic carbocycles. The van der Waals surface area contributed by atoms with Gasteiger partial charge >= 0.3 is 6.09 Å². The Labute approximate surface area is 150 Å². The zero-order chi connectivity index (χ0) is 18.0. The summed E-state index contributed by atoms with van der Waals surface area (Å²) in [5, 5.41) is 15.6. The fraction of sp³-hybridized carbons (Fsp3) is 0.0667. The van der Waals surface area contributed by atoms with E-state index in [9.17, 15) is 9.18 Å². The summed E-state index contributed by atoms with van der Waals surface area (Å²) in [6.07, 6.45) is 0.455. The SMILES string of the molecule is N#Cc1cnn2c(OC(=O)NCc3cc(F)cc(Cl)c3)cc(Cl)nc12. The van der Waals surface area contributed by atoms with Crippen molar-refractivity contribution in [3.63, 3.8) is 0 Å². The van der Waals surface area contributed by atoms with Crippen LogP contribution in [-0.4, -0.2) is 20.7 Å². The molecule has 0 aliphatic rings. The molecule has 25 heavy (non-hydrogen) atoms. The lowest BCUT2D eigenvalue weighted by molar-refractivity contribution is 0.197. The molecule has 126 valence electrons. The maximum absolute atomic E-state index is 13.3. The number of fused-ring (bicyclic) bond motifs is 1.